The number of guanidine groups is 1. The van der Waals surface area contributed by atoms with Crippen LogP contribution in [-0.4, -0.2) is 15.9 Å². The molecule has 0 spiro atoms. The fraction of sp³-hybridized carbons (Fsp3) is 0.267. The maximum atomic E-state index is 12.6. The van der Waals surface area contributed by atoms with Gasteiger partial charge in [-0.15, -0.1) is 24.0 Å². The van der Waals surface area contributed by atoms with Crippen LogP contribution in [0.5, 0.6) is 0 Å². The molecule has 10 heteroatoms. The van der Waals surface area contributed by atoms with E-state index in [-0.39, 0.29) is 54.0 Å². The zero-order valence-electron chi connectivity index (χ0n) is 13.1. The van der Waals surface area contributed by atoms with Crippen LogP contribution in [0.3, 0.4) is 0 Å². The van der Waals surface area contributed by atoms with Crippen molar-refractivity contribution in [1.82, 2.24) is 15.3 Å². The Balaban J connectivity index is 0.00000312. The van der Waals surface area contributed by atoms with Crippen LogP contribution < -0.4 is 11.1 Å². The fourth-order valence-corrected chi connectivity index (χ4v) is 2.54. The number of halogens is 5. The van der Waals surface area contributed by atoms with Crippen LogP contribution in [0.2, 0.25) is 10.0 Å². The first-order valence-corrected chi connectivity index (χ1v) is 7.73. The van der Waals surface area contributed by atoms with Gasteiger partial charge in [-0.25, -0.2) is 23.7 Å². The first kappa shape index (κ1) is 21.8. The first-order chi connectivity index (χ1) is 11.4. The van der Waals surface area contributed by atoms with E-state index in [9.17, 15) is 8.78 Å². The molecule has 0 amide bonds. The Bertz CT molecular complexity index is 746. The van der Waals surface area contributed by atoms with E-state index in [0.717, 1.165) is 11.6 Å². The molecule has 5 nitrogen and oxygen atoms in total. The second-order valence-electron chi connectivity index (χ2n) is 4.93. The predicted octanol–water partition coefficient (Wildman–Crippen LogP) is 4.50. The molecule has 2 rings (SSSR count). The Morgan fingerprint density at radius 2 is 2.04 bits per heavy atom. The lowest BCUT2D eigenvalue weighted by Crippen LogP contribution is -2.34. The topological polar surface area (TPSA) is 76.2 Å². The number of aromatic nitrogens is 2. The summed E-state index contributed by atoms with van der Waals surface area (Å²) in [6.45, 7) is 1.84. The monoisotopic (exact) mass is 501 g/mol. The summed E-state index contributed by atoms with van der Waals surface area (Å²) < 4.78 is 25.2. The summed E-state index contributed by atoms with van der Waals surface area (Å²) in [6, 6.07) is 6.08. The van der Waals surface area contributed by atoms with Gasteiger partial charge >= 0.3 is 0 Å². The van der Waals surface area contributed by atoms with E-state index in [1.165, 1.54) is 6.20 Å². The van der Waals surface area contributed by atoms with E-state index in [1.54, 1.807) is 18.2 Å². The van der Waals surface area contributed by atoms with E-state index in [4.69, 9.17) is 28.9 Å². The highest BCUT2D eigenvalue weighted by atomic mass is 127. The van der Waals surface area contributed by atoms with Gasteiger partial charge in [-0.05, 0) is 30.7 Å². The van der Waals surface area contributed by atoms with Crippen molar-refractivity contribution in [2.75, 3.05) is 0 Å². The number of hydrogen-bond donors (Lipinski definition) is 2. The van der Waals surface area contributed by atoms with Crippen molar-refractivity contribution in [2.45, 2.75) is 25.9 Å². The van der Waals surface area contributed by atoms with Crippen molar-refractivity contribution in [3.05, 3.63) is 57.6 Å². The summed E-state index contributed by atoms with van der Waals surface area (Å²) in [5.41, 5.74) is 6.26. The van der Waals surface area contributed by atoms with Crippen LogP contribution in [-0.2, 0) is 6.54 Å². The molecule has 1 unspecified atom stereocenters. The van der Waals surface area contributed by atoms with Gasteiger partial charge in [-0.1, -0.05) is 29.3 Å². The zero-order valence-corrected chi connectivity index (χ0v) is 16.9. The summed E-state index contributed by atoms with van der Waals surface area (Å²) in [4.78, 5) is 11.7. The number of hydrogen-bond acceptors (Lipinski definition) is 3. The normalized spacial score (nSPS) is 12.6. The lowest BCUT2D eigenvalue weighted by atomic mass is 10.1. The number of nitrogens with two attached hydrogens (primary N) is 1. The zero-order chi connectivity index (χ0) is 17.7. The molecule has 1 aromatic carbocycles. The van der Waals surface area contributed by atoms with Gasteiger partial charge in [0.1, 0.15) is 18.1 Å². The summed E-state index contributed by atoms with van der Waals surface area (Å²) in [7, 11) is 0. The number of alkyl halides is 2. The standard InChI is InChI=1S/C15H15Cl2F2N5.HI/c1-8(10-3-2-9(16)6-11(10)17)23-15(20)22-7-13-21-5-4-12(24-13)14(18)19;/h2-6,8,14H,7H2,1H3,(H3,20,22,23);1H. The number of aliphatic imine (C=N–C) groups is 1. The number of benzene rings is 1. The van der Waals surface area contributed by atoms with Crippen molar-refractivity contribution in [2.24, 2.45) is 10.7 Å². The molecule has 1 heterocycles. The largest absolute Gasteiger partial charge is 0.370 e. The Labute approximate surface area is 171 Å². The Hall–Kier alpha value is -1.26. The minimum atomic E-state index is -2.65. The van der Waals surface area contributed by atoms with Gasteiger partial charge in [-0.2, -0.15) is 0 Å². The Morgan fingerprint density at radius 1 is 1.32 bits per heavy atom. The number of nitrogens with one attached hydrogen (secondary N) is 1. The smallest absolute Gasteiger partial charge is 0.280 e. The summed E-state index contributed by atoms with van der Waals surface area (Å²) in [5.74, 6) is 0.286. The van der Waals surface area contributed by atoms with Gasteiger partial charge in [0.05, 0.1) is 6.04 Å². The molecule has 25 heavy (non-hydrogen) atoms. The third kappa shape index (κ3) is 6.52. The summed E-state index contributed by atoms with van der Waals surface area (Å²) in [5, 5.41) is 4.00. The lowest BCUT2D eigenvalue weighted by Gasteiger charge is -2.16. The van der Waals surface area contributed by atoms with Crippen molar-refractivity contribution in [1.29, 1.82) is 0 Å². The molecule has 0 radical (unpaired) electrons. The first-order valence-electron chi connectivity index (χ1n) is 6.98. The molecule has 1 aromatic heterocycles. The van der Waals surface area contributed by atoms with Gasteiger partial charge in [0.25, 0.3) is 6.43 Å². The van der Waals surface area contributed by atoms with E-state index in [2.05, 4.69) is 20.3 Å². The van der Waals surface area contributed by atoms with Crippen LogP contribution in [0.15, 0.2) is 35.5 Å². The van der Waals surface area contributed by atoms with Crippen LogP contribution in [0.1, 0.15) is 36.5 Å². The average Bonchev–Trinajstić information content (AvgIpc) is 2.53. The van der Waals surface area contributed by atoms with Crippen molar-refractivity contribution in [3.8, 4) is 0 Å². The minimum Gasteiger partial charge on any atom is -0.370 e. The number of nitrogens with zero attached hydrogens (tertiary/aromatic N) is 3. The van der Waals surface area contributed by atoms with E-state index >= 15 is 0 Å². The minimum absolute atomic E-state index is 0. The molecule has 0 saturated carbocycles. The lowest BCUT2D eigenvalue weighted by molar-refractivity contribution is 0.145. The molecule has 2 aromatic rings. The molecule has 1 atom stereocenters. The molecule has 3 N–H and O–H groups in total. The van der Waals surface area contributed by atoms with Crippen molar-refractivity contribution >= 4 is 53.1 Å². The highest BCUT2D eigenvalue weighted by Crippen LogP contribution is 2.25. The molecule has 0 aliphatic rings. The quantitative estimate of drug-likeness (QED) is 0.359. The molecule has 0 saturated heterocycles. The van der Waals surface area contributed by atoms with Crippen LogP contribution in [0.25, 0.3) is 0 Å². The van der Waals surface area contributed by atoms with E-state index < -0.39 is 6.43 Å². The molecule has 136 valence electrons. The average molecular weight is 502 g/mol. The Kier molecular flexibility index (Phi) is 8.74. The molecule has 0 bridgehead atoms. The third-order valence-corrected chi connectivity index (χ3v) is 3.70. The maximum absolute atomic E-state index is 12.6. The molecular formula is C15H16Cl2F2IN5. The van der Waals surface area contributed by atoms with E-state index in [0.29, 0.717) is 10.0 Å². The highest BCUT2D eigenvalue weighted by molar-refractivity contribution is 14.0. The van der Waals surface area contributed by atoms with Crippen molar-refractivity contribution < 1.29 is 8.78 Å². The second kappa shape index (κ2) is 10.0. The van der Waals surface area contributed by atoms with Crippen LogP contribution in [0, 0.1) is 0 Å². The third-order valence-electron chi connectivity index (χ3n) is 3.13. The summed E-state index contributed by atoms with van der Waals surface area (Å²) >= 11 is 12.0. The van der Waals surface area contributed by atoms with Crippen LogP contribution in [0.4, 0.5) is 8.78 Å². The summed E-state index contributed by atoms with van der Waals surface area (Å²) in [6.07, 6.45) is -1.39. The molecule has 0 fully saturated rings. The fourth-order valence-electron chi connectivity index (χ4n) is 1.97. The number of rotatable bonds is 5. The predicted molar refractivity (Wildman–Crippen MR) is 106 cm³/mol. The van der Waals surface area contributed by atoms with Gasteiger partial charge in [-0.3, -0.25) is 0 Å². The van der Waals surface area contributed by atoms with E-state index in [1.807, 2.05) is 6.92 Å². The molecular weight excluding hydrogens is 486 g/mol. The van der Waals surface area contributed by atoms with Crippen molar-refractivity contribution in [3.63, 3.8) is 0 Å². The highest BCUT2D eigenvalue weighted by Gasteiger charge is 2.12. The van der Waals surface area contributed by atoms with Gasteiger partial charge in [0, 0.05) is 16.2 Å². The molecule has 0 aliphatic carbocycles. The molecule has 0 aliphatic heterocycles. The van der Waals surface area contributed by atoms with Gasteiger partial charge < -0.3 is 11.1 Å². The second-order valence-corrected chi connectivity index (χ2v) is 5.78. The Morgan fingerprint density at radius 3 is 2.68 bits per heavy atom. The SMILES string of the molecule is CC(NC(N)=NCc1nccc(C(F)F)n1)c1ccc(Cl)cc1Cl.I. The van der Waals surface area contributed by atoms with Gasteiger partial charge in [0.15, 0.2) is 5.96 Å². The maximum Gasteiger partial charge on any atom is 0.280 e. The van der Waals surface area contributed by atoms with Gasteiger partial charge in [0.2, 0.25) is 0 Å². The van der Waals surface area contributed by atoms with Crippen LogP contribution >= 0.6 is 47.2 Å².